The van der Waals surface area contributed by atoms with Crippen LogP contribution in [0.25, 0.3) is 5.32 Å². The summed E-state index contributed by atoms with van der Waals surface area (Å²) in [4.78, 5) is 59.8. The second-order valence-corrected chi connectivity index (χ2v) is 9.10. The minimum atomic E-state index is -1.29. The second-order valence-electron chi connectivity index (χ2n) is 9.10. The number of carboxylic acids is 1. The first kappa shape index (κ1) is 30.2. The van der Waals surface area contributed by atoms with Crippen molar-refractivity contribution in [2.45, 2.75) is 32.4 Å². The largest absolute Gasteiger partial charge is 0.621 e. The molecule has 40 heavy (non-hydrogen) atoms. The monoisotopic (exact) mass is 585 g/mol. The van der Waals surface area contributed by atoms with E-state index in [2.05, 4.69) is 15.3 Å². The maximum Gasteiger partial charge on any atom is 0.417 e. The van der Waals surface area contributed by atoms with Gasteiger partial charge in [-0.25, -0.2) is 14.5 Å². The fourth-order valence-corrected chi connectivity index (χ4v) is 4.34. The number of pyridine rings is 1. The van der Waals surface area contributed by atoms with E-state index in [4.69, 9.17) is 4.74 Å². The Morgan fingerprint density at radius 3 is 2.42 bits per heavy atom. The van der Waals surface area contributed by atoms with Crippen LogP contribution in [0, 0.1) is 5.92 Å². The number of carbonyl (C=O) groups is 4. The molecule has 11 heteroatoms. The zero-order valence-electron chi connectivity index (χ0n) is 21.7. The number of hydrogen-bond acceptors (Lipinski definition) is 7. The number of aliphatic imine (C=N–C) groups is 1. The smallest absolute Gasteiger partial charge is 0.417 e. The SMILES string of the molecule is CC(=N[C@H](C(=O)O)[C@@H](C)CC(=O)N1C(=O)OC[C@@H]1c1ccccc1)c1ccccc1[N-]C(=O)c1ccccn1.[Ni]. The van der Waals surface area contributed by atoms with Crippen LogP contribution in [0.4, 0.5) is 10.5 Å². The Hall–Kier alpha value is -4.37. The molecule has 1 fully saturated rings. The van der Waals surface area contributed by atoms with E-state index in [0.29, 0.717) is 17.0 Å². The summed E-state index contributed by atoms with van der Waals surface area (Å²) in [6, 6.07) is 18.8. The molecule has 0 saturated carbocycles. The molecule has 1 aliphatic heterocycles. The maximum atomic E-state index is 13.2. The molecule has 10 nitrogen and oxygen atoms in total. The summed E-state index contributed by atoms with van der Waals surface area (Å²) in [5, 5.41) is 14.1. The second kappa shape index (κ2) is 13.6. The Morgan fingerprint density at radius 1 is 1.07 bits per heavy atom. The van der Waals surface area contributed by atoms with Gasteiger partial charge >= 0.3 is 12.1 Å². The predicted octanol–water partition coefficient (Wildman–Crippen LogP) is 4.93. The number of carboxylic acid groups (broad SMARTS) is 1. The van der Waals surface area contributed by atoms with Gasteiger partial charge in [-0.05, 0) is 36.1 Å². The zero-order valence-corrected chi connectivity index (χ0v) is 22.7. The van der Waals surface area contributed by atoms with Crippen molar-refractivity contribution in [3.8, 4) is 0 Å². The Morgan fingerprint density at radius 2 is 1.75 bits per heavy atom. The van der Waals surface area contributed by atoms with E-state index in [0.717, 1.165) is 10.5 Å². The molecule has 1 aliphatic rings. The molecular weight excluding hydrogens is 559 g/mol. The average Bonchev–Trinajstić information content (AvgIpc) is 3.34. The Labute approximate surface area is 241 Å². The molecule has 3 amide bonds. The summed E-state index contributed by atoms with van der Waals surface area (Å²) in [7, 11) is 0. The van der Waals surface area contributed by atoms with Crippen LogP contribution < -0.4 is 0 Å². The normalized spacial score (nSPS) is 16.4. The molecule has 3 atom stereocenters. The number of para-hydroxylation sites is 1. The Balaban J connectivity index is 0.00000441. The molecule has 0 radical (unpaired) electrons. The molecule has 0 unspecified atom stereocenters. The first-order chi connectivity index (χ1) is 18.8. The van der Waals surface area contributed by atoms with Crippen molar-refractivity contribution < 1.29 is 45.5 Å². The van der Waals surface area contributed by atoms with Gasteiger partial charge in [-0.1, -0.05) is 67.6 Å². The third-order valence-corrected chi connectivity index (χ3v) is 6.35. The molecule has 0 aliphatic carbocycles. The van der Waals surface area contributed by atoms with Crippen LogP contribution in [-0.4, -0.2) is 57.2 Å². The summed E-state index contributed by atoms with van der Waals surface area (Å²) >= 11 is 0. The van der Waals surface area contributed by atoms with E-state index in [9.17, 15) is 24.3 Å². The number of carbonyl (C=O) groups excluding carboxylic acids is 3. The van der Waals surface area contributed by atoms with Gasteiger partial charge in [-0.3, -0.25) is 14.8 Å². The van der Waals surface area contributed by atoms with Crippen molar-refractivity contribution in [3.63, 3.8) is 0 Å². The molecule has 4 rings (SSSR count). The molecule has 0 bridgehead atoms. The van der Waals surface area contributed by atoms with E-state index >= 15 is 0 Å². The standard InChI is InChI=1S/C29H28N4O6.Ni/c1-18(16-25(34)33-24(17-39-29(33)38)20-10-4-3-5-11-20)26(28(36)37)31-19(2)21-12-6-7-13-22(21)32-27(35)23-14-8-9-15-30-23;/h3-15,18,24,26H,16-17H2,1-2H3,(H2,31,32,35,36,37);/p-1/t18-,24+,26-;/m0./s1. The maximum absolute atomic E-state index is 13.2. The summed E-state index contributed by atoms with van der Waals surface area (Å²) in [6.07, 6.45) is 0.489. The quantitative estimate of drug-likeness (QED) is 0.277. The van der Waals surface area contributed by atoms with Crippen molar-refractivity contribution >= 4 is 35.3 Å². The molecule has 1 saturated heterocycles. The number of aromatic nitrogens is 1. The fourth-order valence-electron chi connectivity index (χ4n) is 4.34. The van der Waals surface area contributed by atoms with Gasteiger partial charge in [-0.15, -0.1) is 5.69 Å². The van der Waals surface area contributed by atoms with Gasteiger partial charge in [-0.2, -0.15) is 0 Å². The minimum absolute atomic E-state index is 0. The van der Waals surface area contributed by atoms with Gasteiger partial charge < -0.3 is 20.0 Å². The molecule has 1 aromatic heterocycles. The van der Waals surface area contributed by atoms with Crippen molar-refractivity contribution in [1.82, 2.24) is 9.88 Å². The van der Waals surface area contributed by atoms with Gasteiger partial charge in [0.25, 0.3) is 0 Å². The van der Waals surface area contributed by atoms with Crippen LogP contribution in [0.1, 0.15) is 47.9 Å². The third kappa shape index (κ3) is 6.98. The minimum Gasteiger partial charge on any atom is -0.621 e. The number of benzene rings is 2. The van der Waals surface area contributed by atoms with Crippen molar-refractivity contribution in [2.75, 3.05) is 6.61 Å². The number of ether oxygens (including phenoxy) is 1. The predicted molar refractivity (Wildman–Crippen MR) is 143 cm³/mol. The van der Waals surface area contributed by atoms with Gasteiger partial charge in [0.1, 0.15) is 18.6 Å². The Kier molecular flexibility index (Phi) is 10.3. The molecule has 210 valence electrons. The van der Waals surface area contributed by atoms with E-state index in [1.807, 2.05) is 6.07 Å². The van der Waals surface area contributed by atoms with E-state index in [1.54, 1.807) is 80.6 Å². The first-order valence-electron chi connectivity index (χ1n) is 12.3. The number of rotatable bonds is 9. The molecule has 2 aromatic carbocycles. The molecule has 0 spiro atoms. The van der Waals surface area contributed by atoms with Crippen LogP contribution in [0.3, 0.4) is 0 Å². The zero-order chi connectivity index (χ0) is 27.9. The van der Waals surface area contributed by atoms with Gasteiger partial charge in [0.15, 0.2) is 6.04 Å². The fraction of sp³-hybridized carbons (Fsp3) is 0.241. The van der Waals surface area contributed by atoms with Gasteiger partial charge in [0.05, 0.1) is 5.69 Å². The number of amides is 3. The van der Waals surface area contributed by atoms with Crippen LogP contribution in [0.15, 0.2) is 84.0 Å². The third-order valence-electron chi connectivity index (χ3n) is 6.35. The number of imide groups is 1. The van der Waals surface area contributed by atoms with Crippen molar-refractivity contribution in [3.05, 3.63) is 101 Å². The summed E-state index contributed by atoms with van der Waals surface area (Å²) in [6.45, 7) is 3.24. The summed E-state index contributed by atoms with van der Waals surface area (Å²) in [5.41, 5.74) is 2.03. The van der Waals surface area contributed by atoms with E-state index < -0.39 is 41.9 Å². The van der Waals surface area contributed by atoms with Gasteiger partial charge in [0.2, 0.25) is 5.91 Å². The van der Waals surface area contributed by atoms with E-state index in [-0.39, 0.29) is 35.2 Å². The number of aliphatic carboxylic acids is 1. The topological polar surface area (TPSA) is 140 Å². The molecule has 3 aromatic rings. The van der Waals surface area contributed by atoms with Gasteiger partial charge in [0, 0.05) is 34.8 Å². The summed E-state index contributed by atoms with van der Waals surface area (Å²) < 4.78 is 5.12. The molecule has 2 heterocycles. The van der Waals surface area contributed by atoms with Crippen LogP contribution in [-0.2, 0) is 30.8 Å². The van der Waals surface area contributed by atoms with Crippen molar-refractivity contribution in [1.29, 1.82) is 0 Å². The molecular formula is C29H27N4NiO6-. The molecule has 1 N–H and O–H groups in total. The first-order valence-corrected chi connectivity index (χ1v) is 12.3. The van der Waals surface area contributed by atoms with Crippen LogP contribution >= 0.6 is 0 Å². The van der Waals surface area contributed by atoms with Crippen LogP contribution in [0.5, 0.6) is 0 Å². The Bertz CT molecular complexity index is 1400. The van der Waals surface area contributed by atoms with Crippen molar-refractivity contribution in [2.24, 2.45) is 10.9 Å². The van der Waals surface area contributed by atoms with Crippen LogP contribution in [0.2, 0.25) is 0 Å². The van der Waals surface area contributed by atoms with E-state index in [1.165, 1.54) is 6.20 Å². The number of cyclic esters (lactones) is 1. The summed E-state index contributed by atoms with van der Waals surface area (Å²) in [5.74, 6) is -3.07. The number of nitrogens with zero attached hydrogens (tertiary/aromatic N) is 4. The average molecular weight is 586 g/mol. The number of hydrogen-bond donors (Lipinski definition) is 1.